The van der Waals surface area contributed by atoms with E-state index in [4.69, 9.17) is 4.74 Å². The first-order valence-electron chi connectivity index (χ1n) is 6.87. The topological polar surface area (TPSA) is 42.4 Å². The molecule has 1 spiro atoms. The number of hydrogen-bond donors (Lipinski definition) is 0. The molecule has 3 rings (SSSR count). The smallest absolute Gasteiger partial charge is 0.416 e. The molecule has 2 heterocycles. The van der Waals surface area contributed by atoms with Gasteiger partial charge in [-0.1, -0.05) is 6.07 Å². The maximum absolute atomic E-state index is 12.3. The van der Waals surface area contributed by atoms with Gasteiger partial charge < -0.3 is 4.74 Å². The zero-order valence-corrected chi connectivity index (χ0v) is 11.8. The van der Waals surface area contributed by atoms with E-state index in [9.17, 15) is 4.79 Å². The summed E-state index contributed by atoms with van der Waals surface area (Å²) < 4.78 is 5.47. The zero-order chi connectivity index (χ0) is 13.7. The van der Waals surface area contributed by atoms with E-state index in [1.165, 1.54) is 18.4 Å². The largest absolute Gasteiger partial charge is 0.443 e. The molecular weight excluding hydrogens is 240 g/mol. The predicted octanol–water partition coefficient (Wildman–Crippen LogP) is 3.26. The van der Waals surface area contributed by atoms with Crippen LogP contribution in [-0.4, -0.2) is 23.2 Å². The van der Waals surface area contributed by atoms with Crippen LogP contribution in [0.5, 0.6) is 0 Å². The lowest BCUT2D eigenvalue weighted by Gasteiger charge is -2.34. The SMILES string of the molecule is CC(C)(C)OC(=O)N1CCC2(CC2)c2cccnc21. The van der Waals surface area contributed by atoms with Gasteiger partial charge >= 0.3 is 6.09 Å². The Balaban J connectivity index is 1.91. The lowest BCUT2D eigenvalue weighted by Crippen LogP contribution is -2.42. The van der Waals surface area contributed by atoms with Crippen molar-refractivity contribution in [3.63, 3.8) is 0 Å². The molecule has 0 atom stereocenters. The number of amides is 1. The molecule has 1 saturated carbocycles. The number of hydrogen-bond acceptors (Lipinski definition) is 3. The molecule has 1 aromatic heterocycles. The van der Waals surface area contributed by atoms with E-state index in [1.54, 1.807) is 11.1 Å². The van der Waals surface area contributed by atoms with E-state index < -0.39 is 5.60 Å². The maximum atomic E-state index is 12.3. The minimum Gasteiger partial charge on any atom is -0.443 e. The number of aromatic nitrogens is 1. The van der Waals surface area contributed by atoms with Gasteiger partial charge in [-0.25, -0.2) is 9.78 Å². The highest BCUT2D eigenvalue weighted by Crippen LogP contribution is 2.55. The van der Waals surface area contributed by atoms with Crippen molar-refractivity contribution in [2.75, 3.05) is 11.4 Å². The minimum absolute atomic E-state index is 0.289. The van der Waals surface area contributed by atoms with Gasteiger partial charge in [0.1, 0.15) is 11.4 Å². The summed E-state index contributed by atoms with van der Waals surface area (Å²) >= 11 is 0. The van der Waals surface area contributed by atoms with Gasteiger partial charge in [0, 0.05) is 23.7 Å². The fourth-order valence-corrected chi connectivity index (χ4v) is 2.76. The molecule has 0 radical (unpaired) electrons. The molecule has 4 nitrogen and oxygen atoms in total. The lowest BCUT2D eigenvalue weighted by molar-refractivity contribution is 0.0574. The van der Waals surface area contributed by atoms with Gasteiger partial charge in [-0.05, 0) is 46.1 Å². The molecule has 1 fully saturated rings. The Kier molecular flexibility index (Phi) is 2.59. The fraction of sp³-hybridized carbons (Fsp3) is 0.600. The molecule has 0 bridgehead atoms. The van der Waals surface area contributed by atoms with Crippen LogP contribution in [0.25, 0.3) is 0 Å². The first-order valence-corrected chi connectivity index (χ1v) is 6.87. The summed E-state index contributed by atoms with van der Waals surface area (Å²) in [5.41, 5.74) is 1.04. The highest BCUT2D eigenvalue weighted by Gasteiger charge is 2.50. The highest BCUT2D eigenvalue weighted by atomic mass is 16.6. The van der Waals surface area contributed by atoms with E-state index in [0.29, 0.717) is 12.0 Å². The number of rotatable bonds is 0. The number of fused-ring (bicyclic) bond motifs is 2. The maximum Gasteiger partial charge on any atom is 0.416 e. The number of carbonyl (C=O) groups is 1. The summed E-state index contributed by atoms with van der Waals surface area (Å²) in [7, 11) is 0. The van der Waals surface area contributed by atoms with Crippen molar-refractivity contribution >= 4 is 11.9 Å². The quantitative estimate of drug-likeness (QED) is 0.719. The van der Waals surface area contributed by atoms with Gasteiger partial charge in [-0.15, -0.1) is 0 Å². The van der Waals surface area contributed by atoms with Gasteiger partial charge in [0.2, 0.25) is 0 Å². The van der Waals surface area contributed by atoms with Crippen LogP contribution in [-0.2, 0) is 10.2 Å². The monoisotopic (exact) mass is 260 g/mol. The Bertz CT molecular complexity index is 515. The third-order valence-corrected chi connectivity index (χ3v) is 3.90. The van der Waals surface area contributed by atoms with Crippen LogP contribution in [0.15, 0.2) is 18.3 Å². The molecule has 1 aliphatic heterocycles. The first kappa shape index (κ1) is 12.5. The Labute approximate surface area is 113 Å². The average Bonchev–Trinajstić information content (AvgIpc) is 3.08. The van der Waals surface area contributed by atoms with Gasteiger partial charge in [0.25, 0.3) is 0 Å². The number of nitrogens with zero attached hydrogens (tertiary/aromatic N) is 2. The summed E-state index contributed by atoms with van der Waals surface area (Å²) in [4.78, 5) is 18.4. The highest BCUT2D eigenvalue weighted by molar-refractivity contribution is 5.88. The van der Waals surface area contributed by atoms with Crippen molar-refractivity contribution in [1.29, 1.82) is 0 Å². The molecule has 0 unspecified atom stereocenters. The average molecular weight is 260 g/mol. The molecule has 0 saturated heterocycles. The van der Waals surface area contributed by atoms with Gasteiger partial charge in [0.05, 0.1) is 0 Å². The van der Waals surface area contributed by atoms with Crippen LogP contribution in [0.1, 0.15) is 45.6 Å². The molecule has 0 aromatic carbocycles. The number of carbonyl (C=O) groups excluding carboxylic acids is 1. The summed E-state index contributed by atoms with van der Waals surface area (Å²) in [6.07, 6.45) is 4.91. The molecule has 1 aromatic rings. The predicted molar refractivity (Wildman–Crippen MR) is 73.3 cm³/mol. The van der Waals surface area contributed by atoms with Crippen molar-refractivity contribution in [2.24, 2.45) is 0 Å². The van der Waals surface area contributed by atoms with E-state index in [1.807, 2.05) is 26.8 Å². The van der Waals surface area contributed by atoms with Crippen LogP contribution in [0.3, 0.4) is 0 Å². The molecule has 102 valence electrons. The van der Waals surface area contributed by atoms with Crippen molar-refractivity contribution in [2.45, 2.75) is 51.0 Å². The standard InChI is InChI=1S/C15H20N2O2/c1-14(2,3)19-13(18)17-10-8-15(6-7-15)11-5-4-9-16-12(11)17/h4-5,9H,6-8,10H2,1-3H3. The van der Waals surface area contributed by atoms with E-state index in [2.05, 4.69) is 11.1 Å². The van der Waals surface area contributed by atoms with Crippen molar-refractivity contribution in [1.82, 2.24) is 4.98 Å². The molecular formula is C15H20N2O2. The number of anilines is 1. The van der Waals surface area contributed by atoms with Crippen LogP contribution in [0.4, 0.5) is 10.6 Å². The molecule has 1 amide bonds. The van der Waals surface area contributed by atoms with Crippen LogP contribution < -0.4 is 4.90 Å². The number of ether oxygens (including phenoxy) is 1. The summed E-state index contributed by atoms with van der Waals surface area (Å²) in [5, 5.41) is 0. The molecule has 1 aliphatic carbocycles. The summed E-state index contributed by atoms with van der Waals surface area (Å²) in [6.45, 7) is 6.36. The molecule has 19 heavy (non-hydrogen) atoms. The normalized spacial score (nSPS) is 20.1. The van der Waals surface area contributed by atoms with Crippen molar-refractivity contribution in [3.8, 4) is 0 Å². The van der Waals surface area contributed by atoms with Crippen LogP contribution in [0, 0.1) is 0 Å². The fourth-order valence-electron chi connectivity index (χ4n) is 2.76. The lowest BCUT2D eigenvalue weighted by atomic mass is 9.89. The van der Waals surface area contributed by atoms with Crippen LogP contribution in [0.2, 0.25) is 0 Å². The van der Waals surface area contributed by atoms with Gasteiger partial charge in [0.15, 0.2) is 0 Å². The molecule has 2 aliphatic rings. The molecule has 4 heteroatoms. The van der Waals surface area contributed by atoms with Crippen LogP contribution >= 0.6 is 0 Å². The third kappa shape index (κ3) is 2.20. The van der Waals surface area contributed by atoms with E-state index in [-0.39, 0.29) is 6.09 Å². The van der Waals surface area contributed by atoms with Gasteiger partial charge in [-0.2, -0.15) is 0 Å². The Morgan fingerprint density at radius 3 is 2.74 bits per heavy atom. The third-order valence-electron chi connectivity index (χ3n) is 3.90. The van der Waals surface area contributed by atoms with Crippen molar-refractivity contribution in [3.05, 3.63) is 23.9 Å². The second kappa shape index (κ2) is 3.95. The van der Waals surface area contributed by atoms with Crippen molar-refractivity contribution < 1.29 is 9.53 Å². The Morgan fingerprint density at radius 2 is 2.11 bits per heavy atom. The first-order chi connectivity index (χ1) is 8.91. The second-order valence-corrected chi connectivity index (χ2v) is 6.54. The molecule has 0 N–H and O–H groups in total. The zero-order valence-electron chi connectivity index (χ0n) is 11.8. The van der Waals surface area contributed by atoms with Gasteiger partial charge in [-0.3, -0.25) is 4.90 Å². The summed E-state index contributed by atoms with van der Waals surface area (Å²) in [5.74, 6) is 0.792. The number of pyridine rings is 1. The van der Waals surface area contributed by atoms with E-state index in [0.717, 1.165) is 12.2 Å². The second-order valence-electron chi connectivity index (χ2n) is 6.54. The Hall–Kier alpha value is -1.58. The Morgan fingerprint density at radius 1 is 1.37 bits per heavy atom. The van der Waals surface area contributed by atoms with E-state index >= 15 is 0 Å². The minimum atomic E-state index is -0.471. The summed E-state index contributed by atoms with van der Waals surface area (Å²) in [6, 6.07) is 4.06.